The Hall–Kier alpha value is -4.26. The lowest BCUT2D eigenvalue weighted by atomic mass is 10.1. The molecule has 1 aromatic heterocycles. The van der Waals surface area contributed by atoms with Crippen molar-refractivity contribution in [2.45, 2.75) is 13.3 Å². The molecule has 4 rings (SSSR count). The Bertz CT molecular complexity index is 1270. The van der Waals surface area contributed by atoms with E-state index in [1.54, 1.807) is 16.8 Å². The van der Waals surface area contributed by atoms with Gasteiger partial charge in [0.1, 0.15) is 18.2 Å². The number of halogens is 1. The Labute approximate surface area is 197 Å². The summed E-state index contributed by atoms with van der Waals surface area (Å²) in [5, 5.41) is 7.59. The van der Waals surface area contributed by atoms with Crippen molar-refractivity contribution in [1.82, 2.24) is 14.7 Å². The normalized spacial score (nSPS) is 10.6. The van der Waals surface area contributed by atoms with Crippen molar-refractivity contribution in [3.63, 3.8) is 0 Å². The quantitative estimate of drug-likeness (QED) is 0.398. The van der Waals surface area contributed by atoms with Crippen LogP contribution in [0.3, 0.4) is 0 Å². The molecule has 1 N–H and O–H groups in total. The summed E-state index contributed by atoms with van der Waals surface area (Å²) < 4.78 is 15.3. The smallest absolute Gasteiger partial charge is 0.254 e. The summed E-state index contributed by atoms with van der Waals surface area (Å²) in [7, 11) is 0. The van der Waals surface area contributed by atoms with Gasteiger partial charge in [-0.05, 0) is 36.8 Å². The van der Waals surface area contributed by atoms with Gasteiger partial charge in [-0.1, -0.05) is 61.5 Å². The molecule has 0 bridgehead atoms. The van der Waals surface area contributed by atoms with E-state index in [2.05, 4.69) is 5.32 Å². The zero-order valence-electron chi connectivity index (χ0n) is 18.8. The molecule has 0 atom stereocenters. The van der Waals surface area contributed by atoms with Crippen LogP contribution in [0.25, 0.3) is 16.9 Å². The number of aromatic nitrogens is 2. The summed E-state index contributed by atoms with van der Waals surface area (Å²) in [5.74, 6) is -0.760. The average Bonchev–Trinajstić information content (AvgIpc) is 3.28. The van der Waals surface area contributed by atoms with Gasteiger partial charge < -0.3 is 10.2 Å². The number of hydrogen-bond acceptors (Lipinski definition) is 3. The molecule has 3 aromatic carbocycles. The number of rotatable bonds is 8. The first kappa shape index (κ1) is 22.9. The maximum Gasteiger partial charge on any atom is 0.254 e. The molecule has 0 saturated heterocycles. The van der Waals surface area contributed by atoms with Crippen LogP contribution >= 0.6 is 0 Å². The summed E-state index contributed by atoms with van der Waals surface area (Å²) in [6, 6.07) is 26.5. The molecule has 1 heterocycles. The minimum atomic E-state index is -0.494. The second kappa shape index (κ2) is 10.6. The van der Waals surface area contributed by atoms with E-state index in [1.165, 1.54) is 23.1 Å². The first-order valence-corrected chi connectivity index (χ1v) is 11.1. The summed E-state index contributed by atoms with van der Waals surface area (Å²) >= 11 is 0. The fourth-order valence-corrected chi connectivity index (χ4v) is 3.67. The average molecular weight is 457 g/mol. The number of para-hydroxylation sites is 1. The van der Waals surface area contributed by atoms with Gasteiger partial charge in [-0.15, -0.1) is 0 Å². The van der Waals surface area contributed by atoms with Gasteiger partial charge in [0.25, 0.3) is 5.91 Å². The van der Waals surface area contributed by atoms with Gasteiger partial charge in [0.2, 0.25) is 5.91 Å². The van der Waals surface area contributed by atoms with Crippen LogP contribution < -0.4 is 5.32 Å². The van der Waals surface area contributed by atoms with Gasteiger partial charge in [-0.3, -0.25) is 9.59 Å². The van der Waals surface area contributed by atoms with Crippen molar-refractivity contribution in [3.8, 4) is 16.9 Å². The summed E-state index contributed by atoms with van der Waals surface area (Å²) in [6.07, 6.45) is 0.661. The maximum atomic E-state index is 13.6. The third kappa shape index (κ3) is 5.38. The molecule has 172 valence electrons. The van der Waals surface area contributed by atoms with Gasteiger partial charge in [0.05, 0.1) is 11.4 Å². The van der Waals surface area contributed by atoms with Crippen molar-refractivity contribution >= 4 is 17.6 Å². The number of carbonyl (C=O) groups is 2. The third-order valence-corrected chi connectivity index (χ3v) is 5.23. The van der Waals surface area contributed by atoms with E-state index in [1.807, 2.05) is 67.6 Å². The molecule has 0 aliphatic heterocycles. The van der Waals surface area contributed by atoms with Crippen molar-refractivity contribution in [1.29, 1.82) is 0 Å². The summed E-state index contributed by atoms with van der Waals surface area (Å²) in [5.41, 5.74) is 2.63. The fourth-order valence-electron chi connectivity index (χ4n) is 3.67. The lowest BCUT2D eigenvalue weighted by Crippen LogP contribution is -2.38. The van der Waals surface area contributed by atoms with Crippen LogP contribution in [0.2, 0.25) is 0 Å². The minimum absolute atomic E-state index is 0.163. The lowest BCUT2D eigenvalue weighted by Gasteiger charge is -2.22. The van der Waals surface area contributed by atoms with E-state index in [0.717, 1.165) is 11.3 Å². The summed E-state index contributed by atoms with van der Waals surface area (Å²) in [4.78, 5) is 27.3. The van der Waals surface area contributed by atoms with Crippen molar-refractivity contribution in [3.05, 3.63) is 102 Å². The number of carbonyl (C=O) groups excluding carboxylic acids is 2. The monoisotopic (exact) mass is 456 g/mol. The first-order valence-electron chi connectivity index (χ1n) is 11.1. The second-order valence-corrected chi connectivity index (χ2v) is 7.81. The molecule has 0 radical (unpaired) electrons. The van der Waals surface area contributed by atoms with E-state index in [4.69, 9.17) is 5.10 Å². The van der Waals surface area contributed by atoms with Gasteiger partial charge in [0, 0.05) is 23.7 Å². The molecule has 6 nitrogen and oxygen atoms in total. The van der Waals surface area contributed by atoms with E-state index in [-0.39, 0.29) is 18.0 Å². The van der Waals surface area contributed by atoms with E-state index < -0.39 is 11.7 Å². The number of anilines is 1. The van der Waals surface area contributed by atoms with Crippen LogP contribution in [0, 0.1) is 5.82 Å². The first-order chi connectivity index (χ1) is 16.5. The molecule has 0 saturated carbocycles. The zero-order chi connectivity index (χ0) is 23.9. The number of hydrogen-bond donors (Lipinski definition) is 1. The highest BCUT2D eigenvalue weighted by Gasteiger charge is 2.20. The predicted octanol–water partition coefficient (Wildman–Crippen LogP) is 5.17. The van der Waals surface area contributed by atoms with Crippen molar-refractivity contribution in [2.24, 2.45) is 0 Å². The Morgan fingerprint density at radius 3 is 2.32 bits per heavy atom. The largest absolute Gasteiger partial charge is 0.329 e. The van der Waals surface area contributed by atoms with E-state index >= 15 is 0 Å². The minimum Gasteiger partial charge on any atom is -0.329 e. The number of benzene rings is 3. The molecule has 2 amide bonds. The highest BCUT2D eigenvalue weighted by Crippen LogP contribution is 2.24. The molecule has 34 heavy (non-hydrogen) atoms. The topological polar surface area (TPSA) is 67.2 Å². The van der Waals surface area contributed by atoms with Gasteiger partial charge in [-0.2, -0.15) is 5.10 Å². The van der Waals surface area contributed by atoms with Crippen LogP contribution in [0.15, 0.2) is 91.0 Å². The molecule has 7 heteroatoms. The molecule has 4 aromatic rings. The Morgan fingerprint density at radius 1 is 0.941 bits per heavy atom. The SMILES string of the molecule is CCCN(CC(=O)Nc1cc(-c2ccccc2)nn1-c1ccccc1)C(=O)c1cccc(F)c1. The van der Waals surface area contributed by atoms with Crippen molar-refractivity contribution < 1.29 is 14.0 Å². The molecular formula is C27H25FN4O2. The molecular weight excluding hydrogens is 431 g/mol. The van der Waals surface area contributed by atoms with Crippen LogP contribution in [-0.4, -0.2) is 39.6 Å². The molecule has 0 unspecified atom stereocenters. The number of nitrogens with one attached hydrogen (secondary N) is 1. The molecule has 0 spiro atoms. The summed E-state index contributed by atoms with van der Waals surface area (Å²) in [6.45, 7) is 2.13. The maximum absolute atomic E-state index is 13.6. The zero-order valence-corrected chi connectivity index (χ0v) is 18.8. The highest BCUT2D eigenvalue weighted by molar-refractivity contribution is 5.99. The van der Waals surface area contributed by atoms with E-state index in [9.17, 15) is 14.0 Å². The standard InChI is InChI=1S/C27H25FN4O2/c1-2-16-31(27(34)21-12-9-13-22(28)17-21)19-26(33)29-25-18-24(20-10-5-3-6-11-20)30-32(25)23-14-7-4-8-15-23/h3-15,17-18H,2,16,19H2,1H3,(H,29,33). The Balaban J connectivity index is 1.58. The Kier molecular flexibility index (Phi) is 7.13. The fraction of sp³-hybridized carbons (Fsp3) is 0.148. The van der Waals surface area contributed by atoms with Gasteiger partial charge in [0.15, 0.2) is 0 Å². The van der Waals surface area contributed by atoms with Crippen LogP contribution in [-0.2, 0) is 4.79 Å². The molecule has 0 aliphatic carbocycles. The van der Waals surface area contributed by atoms with Crippen LogP contribution in [0.1, 0.15) is 23.7 Å². The Morgan fingerprint density at radius 2 is 1.65 bits per heavy atom. The van der Waals surface area contributed by atoms with Crippen LogP contribution in [0.5, 0.6) is 0 Å². The third-order valence-electron chi connectivity index (χ3n) is 5.23. The molecule has 0 fully saturated rings. The van der Waals surface area contributed by atoms with Gasteiger partial charge in [-0.25, -0.2) is 9.07 Å². The van der Waals surface area contributed by atoms with Gasteiger partial charge >= 0.3 is 0 Å². The van der Waals surface area contributed by atoms with E-state index in [0.29, 0.717) is 24.5 Å². The number of nitrogens with zero attached hydrogens (tertiary/aromatic N) is 3. The predicted molar refractivity (Wildman–Crippen MR) is 130 cm³/mol. The highest BCUT2D eigenvalue weighted by atomic mass is 19.1. The number of amides is 2. The van der Waals surface area contributed by atoms with Crippen molar-refractivity contribution in [2.75, 3.05) is 18.4 Å². The second-order valence-electron chi connectivity index (χ2n) is 7.81. The lowest BCUT2D eigenvalue weighted by molar-refractivity contribution is -0.116. The molecule has 0 aliphatic rings. The van der Waals surface area contributed by atoms with Crippen LogP contribution in [0.4, 0.5) is 10.2 Å².